The van der Waals surface area contributed by atoms with Crippen LogP contribution >= 0.6 is 11.6 Å². The molecule has 0 spiro atoms. The normalized spacial score (nSPS) is 9.95. The van der Waals surface area contributed by atoms with Crippen molar-refractivity contribution < 1.29 is 14.7 Å². The molecule has 0 atom stereocenters. The number of hydrogen-bond acceptors (Lipinski definition) is 3. The molecule has 3 N–H and O–H groups in total. The molecule has 2 aromatic rings. The summed E-state index contributed by atoms with van der Waals surface area (Å²) in [6.45, 7) is 0. The highest BCUT2D eigenvalue weighted by Crippen LogP contribution is 2.14. The van der Waals surface area contributed by atoms with Crippen LogP contribution in [0.1, 0.15) is 15.9 Å². The molecular formula is C15H13ClN2O3. The van der Waals surface area contributed by atoms with Crippen molar-refractivity contribution in [3.8, 4) is 5.75 Å². The molecule has 0 saturated heterocycles. The Hall–Kier alpha value is -2.53. The maximum Gasteiger partial charge on any atom is 0.273 e. The second-order valence-electron chi connectivity index (χ2n) is 4.33. The summed E-state index contributed by atoms with van der Waals surface area (Å²) in [5.74, 6) is -1.13. The van der Waals surface area contributed by atoms with E-state index in [-0.39, 0.29) is 23.6 Å². The van der Waals surface area contributed by atoms with Gasteiger partial charge in [-0.3, -0.25) is 20.4 Å². The number of aromatic hydroxyl groups is 1. The number of phenols is 1. The van der Waals surface area contributed by atoms with Crippen molar-refractivity contribution in [3.05, 3.63) is 64.7 Å². The molecule has 0 saturated carbocycles. The first kappa shape index (κ1) is 14.9. The van der Waals surface area contributed by atoms with E-state index < -0.39 is 5.91 Å². The first-order valence-corrected chi connectivity index (χ1v) is 6.55. The molecule has 0 fully saturated rings. The second kappa shape index (κ2) is 6.76. The van der Waals surface area contributed by atoms with Crippen LogP contribution < -0.4 is 10.9 Å². The molecule has 108 valence electrons. The van der Waals surface area contributed by atoms with Crippen LogP contribution in [0.25, 0.3) is 0 Å². The van der Waals surface area contributed by atoms with Crippen molar-refractivity contribution in [2.75, 3.05) is 0 Å². The zero-order valence-electron chi connectivity index (χ0n) is 11.0. The Balaban J connectivity index is 1.90. The first-order chi connectivity index (χ1) is 10.1. The van der Waals surface area contributed by atoms with E-state index in [1.54, 1.807) is 36.4 Å². The van der Waals surface area contributed by atoms with Gasteiger partial charge in [0.2, 0.25) is 5.91 Å². The molecule has 0 aromatic heterocycles. The lowest BCUT2D eigenvalue weighted by Crippen LogP contribution is -2.42. The number of rotatable bonds is 3. The monoisotopic (exact) mass is 304 g/mol. The molecule has 21 heavy (non-hydrogen) atoms. The molecule has 0 aliphatic heterocycles. The number of amides is 2. The molecule has 0 unspecified atom stereocenters. The number of halogens is 1. The Labute approximate surface area is 126 Å². The minimum Gasteiger partial charge on any atom is -0.507 e. The highest BCUT2D eigenvalue weighted by atomic mass is 35.5. The number of benzene rings is 2. The van der Waals surface area contributed by atoms with E-state index in [1.807, 2.05) is 0 Å². The number of hydrazine groups is 1. The average molecular weight is 305 g/mol. The van der Waals surface area contributed by atoms with Crippen LogP contribution in [0.4, 0.5) is 0 Å². The van der Waals surface area contributed by atoms with Gasteiger partial charge in [0.15, 0.2) is 0 Å². The van der Waals surface area contributed by atoms with Gasteiger partial charge in [-0.2, -0.15) is 0 Å². The van der Waals surface area contributed by atoms with Gasteiger partial charge in [0.1, 0.15) is 5.75 Å². The fourth-order valence-electron chi connectivity index (χ4n) is 1.74. The summed E-state index contributed by atoms with van der Waals surface area (Å²) in [5, 5.41) is 10.1. The Morgan fingerprint density at radius 2 is 1.81 bits per heavy atom. The SMILES string of the molecule is O=C(Cc1cccc(Cl)c1)NNC(=O)c1ccccc1O. The molecule has 0 bridgehead atoms. The minimum atomic E-state index is -0.590. The molecule has 0 aliphatic rings. The molecule has 2 rings (SSSR count). The van der Waals surface area contributed by atoms with Crippen molar-refractivity contribution in [1.82, 2.24) is 10.9 Å². The number of carbonyl (C=O) groups is 2. The van der Waals surface area contributed by atoms with Crippen molar-refractivity contribution in [2.45, 2.75) is 6.42 Å². The van der Waals surface area contributed by atoms with Gasteiger partial charge in [0.05, 0.1) is 12.0 Å². The fourth-order valence-corrected chi connectivity index (χ4v) is 1.95. The van der Waals surface area contributed by atoms with Gasteiger partial charge in [-0.05, 0) is 29.8 Å². The van der Waals surface area contributed by atoms with E-state index in [9.17, 15) is 14.7 Å². The zero-order chi connectivity index (χ0) is 15.2. The fraction of sp³-hybridized carbons (Fsp3) is 0.0667. The standard InChI is InChI=1S/C15H13ClN2O3/c16-11-5-3-4-10(8-11)9-14(20)17-18-15(21)12-6-1-2-7-13(12)19/h1-8,19H,9H2,(H,17,20)(H,18,21). The predicted octanol–water partition coefficient (Wildman–Crippen LogP) is 2.05. The van der Waals surface area contributed by atoms with Crippen LogP contribution in [0.2, 0.25) is 5.02 Å². The average Bonchev–Trinajstić information content (AvgIpc) is 2.45. The minimum absolute atomic E-state index is 0.0838. The lowest BCUT2D eigenvalue weighted by atomic mass is 10.1. The number of para-hydroxylation sites is 1. The Morgan fingerprint density at radius 1 is 1.05 bits per heavy atom. The van der Waals surface area contributed by atoms with E-state index >= 15 is 0 Å². The third kappa shape index (κ3) is 4.22. The van der Waals surface area contributed by atoms with E-state index in [0.717, 1.165) is 5.56 Å². The van der Waals surface area contributed by atoms with Gasteiger partial charge >= 0.3 is 0 Å². The summed E-state index contributed by atoms with van der Waals surface area (Å²) in [5.41, 5.74) is 5.34. The Kier molecular flexibility index (Phi) is 4.79. The smallest absolute Gasteiger partial charge is 0.273 e. The number of phenolic OH excluding ortho intramolecular Hbond substituents is 1. The van der Waals surface area contributed by atoms with Crippen molar-refractivity contribution in [3.63, 3.8) is 0 Å². The van der Waals surface area contributed by atoms with Gasteiger partial charge < -0.3 is 5.11 Å². The summed E-state index contributed by atoms with van der Waals surface area (Å²) in [7, 11) is 0. The van der Waals surface area contributed by atoms with Crippen LogP contribution in [0.5, 0.6) is 5.75 Å². The van der Waals surface area contributed by atoms with Gasteiger partial charge in [-0.1, -0.05) is 35.9 Å². The van der Waals surface area contributed by atoms with E-state index in [0.29, 0.717) is 5.02 Å². The van der Waals surface area contributed by atoms with E-state index in [1.165, 1.54) is 12.1 Å². The molecule has 2 aromatic carbocycles. The third-order valence-electron chi connectivity index (χ3n) is 2.72. The third-order valence-corrected chi connectivity index (χ3v) is 2.95. The summed E-state index contributed by atoms with van der Waals surface area (Å²) in [4.78, 5) is 23.5. The molecule has 5 nitrogen and oxygen atoms in total. The number of carbonyl (C=O) groups excluding carboxylic acids is 2. The Bertz CT molecular complexity index is 673. The summed E-state index contributed by atoms with van der Waals surface area (Å²) >= 11 is 5.82. The summed E-state index contributed by atoms with van der Waals surface area (Å²) < 4.78 is 0. The van der Waals surface area contributed by atoms with Crippen LogP contribution in [0.15, 0.2) is 48.5 Å². The van der Waals surface area contributed by atoms with Gasteiger partial charge in [0, 0.05) is 5.02 Å². The summed E-state index contributed by atoms with van der Waals surface area (Å²) in [6, 6.07) is 12.9. The first-order valence-electron chi connectivity index (χ1n) is 6.18. The van der Waals surface area contributed by atoms with Crippen LogP contribution in [0.3, 0.4) is 0 Å². The second-order valence-corrected chi connectivity index (χ2v) is 4.76. The molecule has 0 aliphatic carbocycles. The largest absolute Gasteiger partial charge is 0.507 e. The molecule has 0 heterocycles. The maximum absolute atomic E-state index is 11.8. The highest BCUT2D eigenvalue weighted by Gasteiger charge is 2.11. The number of nitrogens with one attached hydrogen (secondary N) is 2. The maximum atomic E-state index is 11.8. The predicted molar refractivity (Wildman–Crippen MR) is 78.9 cm³/mol. The van der Waals surface area contributed by atoms with Crippen LogP contribution in [-0.4, -0.2) is 16.9 Å². The number of hydrogen-bond donors (Lipinski definition) is 3. The van der Waals surface area contributed by atoms with Crippen LogP contribution in [-0.2, 0) is 11.2 Å². The van der Waals surface area contributed by atoms with Crippen molar-refractivity contribution in [2.24, 2.45) is 0 Å². The van der Waals surface area contributed by atoms with Crippen molar-refractivity contribution in [1.29, 1.82) is 0 Å². The van der Waals surface area contributed by atoms with Crippen molar-refractivity contribution >= 4 is 23.4 Å². The quantitative estimate of drug-likeness (QED) is 0.759. The van der Waals surface area contributed by atoms with E-state index in [2.05, 4.69) is 10.9 Å². The zero-order valence-corrected chi connectivity index (χ0v) is 11.7. The Morgan fingerprint density at radius 3 is 2.52 bits per heavy atom. The highest BCUT2D eigenvalue weighted by molar-refractivity contribution is 6.30. The lowest BCUT2D eigenvalue weighted by molar-refractivity contribution is -0.121. The molecular weight excluding hydrogens is 292 g/mol. The summed E-state index contributed by atoms with van der Waals surface area (Å²) in [6.07, 6.45) is 0.0849. The van der Waals surface area contributed by atoms with E-state index in [4.69, 9.17) is 11.6 Å². The lowest BCUT2D eigenvalue weighted by Gasteiger charge is -2.08. The molecule has 2 amide bonds. The van der Waals surface area contributed by atoms with Gasteiger partial charge in [-0.15, -0.1) is 0 Å². The van der Waals surface area contributed by atoms with Crippen LogP contribution in [0, 0.1) is 0 Å². The van der Waals surface area contributed by atoms with Gasteiger partial charge in [0.25, 0.3) is 5.91 Å². The topological polar surface area (TPSA) is 78.4 Å². The van der Waals surface area contributed by atoms with Gasteiger partial charge in [-0.25, -0.2) is 0 Å². The molecule has 6 heteroatoms. The molecule has 0 radical (unpaired) electrons.